The zero-order chi connectivity index (χ0) is 14.6. The Morgan fingerprint density at radius 1 is 1.21 bits per heavy atom. The number of halogens is 1. The van der Waals surface area contributed by atoms with Crippen LogP contribution in [0.5, 0.6) is 0 Å². The maximum Gasteiger partial charge on any atom is 0.251 e. The highest BCUT2D eigenvalue weighted by atomic mass is 35.5. The Morgan fingerprint density at radius 3 is 2.37 bits per heavy atom. The molecule has 0 spiro atoms. The molecule has 0 heterocycles. The summed E-state index contributed by atoms with van der Waals surface area (Å²) in [5.41, 5.74) is 6.34. The van der Waals surface area contributed by atoms with Crippen molar-refractivity contribution in [1.29, 1.82) is 0 Å². The number of carbonyl (C=O) groups excluding carboxylic acids is 2. The quantitative estimate of drug-likeness (QED) is 0.733. The fourth-order valence-electron chi connectivity index (χ4n) is 1.42. The van der Waals surface area contributed by atoms with Crippen molar-refractivity contribution in [3.05, 3.63) is 28.8 Å². The third-order valence-electron chi connectivity index (χ3n) is 2.43. The van der Waals surface area contributed by atoms with Crippen LogP contribution >= 0.6 is 11.6 Å². The number of rotatable bonds is 4. The number of amides is 2. The number of nitrogen functional groups attached to an aromatic ring is 1. The minimum atomic E-state index is -0.619. The first-order valence-electron chi connectivity index (χ1n) is 5.97. The van der Waals surface area contributed by atoms with Crippen LogP contribution in [0.4, 0.5) is 5.69 Å². The van der Waals surface area contributed by atoms with Gasteiger partial charge in [-0.25, -0.2) is 0 Å². The first-order valence-corrected chi connectivity index (χ1v) is 6.35. The summed E-state index contributed by atoms with van der Waals surface area (Å²) in [4.78, 5) is 23.6. The molecule has 19 heavy (non-hydrogen) atoms. The molecule has 1 aromatic rings. The molecule has 0 bridgehead atoms. The molecule has 1 atom stereocenters. The smallest absolute Gasteiger partial charge is 0.251 e. The Balaban J connectivity index is 2.68. The third kappa shape index (κ3) is 4.44. The Labute approximate surface area is 117 Å². The molecule has 0 saturated carbocycles. The second-order valence-electron chi connectivity index (χ2n) is 4.59. The van der Waals surface area contributed by atoms with Crippen molar-refractivity contribution >= 4 is 29.1 Å². The van der Waals surface area contributed by atoms with Gasteiger partial charge in [-0.1, -0.05) is 11.6 Å². The maximum atomic E-state index is 11.9. The van der Waals surface area contributed by atoms with Gasteiger partial charge < -0.3 is 16.4 Å². The molecule has 2 amide bonds. The van der Waals surface area contributed by atoms with E-state index in [9.17, 15) is 9.59 Å². The van der Waals surface area contributed by atoms with Crippen LogP contribution < -0.4 is 16.4 Å². The van der Waals surface area contributed by atoms with Crippen molar-refractivity contribution in [3.8, 4) is 0 Å². The van der Waals surface area contributed by atoms with Gasteiger partial charge in [0.15, 0.2) is 0 Å². The molecule has 0 aliphatic heterocycles. The molecular weight excluding hydrogens is 266 g/mol. The Bertz CT molecular complexity index is 489. The summed E-state index contributed by atoms with van der Waals surface area (Å²) in [6.45, 7) is 5.33. The van der Waals surface area contributed by atoms with Crippen molar-refractivity contribution in [2.45, 2.75) is 32.9 Å². The van der Waals surface area contributed by atoms with Gasteiger partial charge in [0, 0.05) is 11.6 Å². The van der Waals surface area contributed by atoms with Crippen LogP contribution in [0, 0.1) is 0 Å². The van der Waals surface area contributed by atoms with Crippen molar-refractivity contribution in [2.24, 2.45) is 0 Å². The first kappa shape index (κ1) is 15.3. The molecule has 1 rings (SSSR count). The van der Waals surface area contributed by atoms with Gasteiger partial charge in [-0.05, 0) is 39.0 Å². The monoisotopic (exact) mass is 283 g/mol. The van der Waals surface area contributed by atoms with Gasteiger partial charge in [-0.3, -0.25) is 9.59 Å². The number of hydrogen-bond acceptors (Lipinski definition) is 3. The highest BCUT2D eigenvalue weighted by molar-refractivity contribution is 6.33. The molecule has 5 nitrogen and oxygen atoms in total. The SMILES string of the molecule is CC(C)NC(=O)C(C)NC(=O)c1ccc(N)c(Cl)c1. The summed E-state index contributed by atoms with van der Waals surface area (Å²) in [5.74, 6) is -0.599. The molecule has 1 aromatic carbocycles. The normalized spacial score (nSPS) is 12.1. The summed E-state index contributed by atoms with van der Waals surface area (Å²) in [6.07, 6.45) is 0. The highest BCUT2D eigenvalue weighted by Crippen LogP contribution is 2.19. The molecule has 1 unspecified atom stereocenters. The number of carbonyl (C=O) groups is 2. The average Bonchev–Trinajstić information content (AvgIpc) is 2.31. The summed E-state index contributed by atoms with van der Waals surface area (Å²) in [5, 5.41) is 5.63. The Hall–Kier alpha value is -1.75. The van der Waals surface area contributed by atoms with Crippen molar-refractivity contribution in [2.75, 3.05) is 5.73 Å². The van der Waals surface area contributed by atoms with Crippen LogP contribution in [0.3, 0.4) is 0 Å². The number of anilines is 1. The summed E-state index contributed by atoms with van der Waals surface area (Å²) < 4.78 is 0. The van der Waals surface area contributed by atoms with E-state index in [0.29, 0.717) is 16.3 Å². The number of hydrogen-bond donors (Lipinski definition) is 3. The number of nitrogens with one attached hydrogen (secondary N) is 2. The minimum Gasteiger partial charge on any atom is -0.398 e. The average molecular weight is 284 g/mol. The van der Waals surface area contributed by atoms with Crippen LogP contribution in [-0.4, -0.2) is 23.9 Å². The van der Waals surface area contributed by atoms with E-state index in [2.05, 4.69) is 10.6 Å². The summed E-state index contributed by atoms with van der Waals surface area (Å²) in [7, 11) is 0. The first-order chi connectivity index (χ1) is 8.81. The molecule has 0 fully saturated rings. The molecular formula is C13H18ClN3O2. The van der Waals surface area contributed by atoms with Crippen molar-refractivity contribution < 1.29 is 9.59 Å². The molecule has 4 N–H and O–H groups in total. The maximum absolute atomic E-state index is 11.9. The summed E-state index contributed by atoms with van der Waals surface area (Å²) >= 11 is 5.84. The van der Waals surface area contributed by atoms with Crippen molar-refractivity contribution in [3.63, 3.8) is 0 Å². The molecule has 104 valence electrons. The standard InChI is InChI=1S/C13H18ClN3O2/c1-7(2)16-12(18)8(3)17-13(19)9-4-5-11(15)10(14)6-9/h4-8H,15H2,1-3H3,(H,16,18)(H,17,19). The molecule has 0 aliphatic rings. The van der Waals surface area contributed by atoms with E-state index in [0.717, 1.165) is 0 Å². The van der Waals surface area contributed by atoms with E-state index < -0.39 is 6.04 Å². The van der Waals surface area contributed by atoms with Gasteiger partial charge in [0.05, 0.1) is 10.7 Å². The van der Waals surface area contributed by atoms with Gasteiger partial charge in [0.25, 0.3) is 5.91 Å². The van der Waals surface area contributed by atoms with E-state index in [1.807, 2.05) is 13.8 Å². The highest BCUT2D eigenvalue weighted by Gasteiger charge is 2.17. The van der Waals surface area contributed by atoms with E-state index in [4.69, 9.17) is 17.3 Å². The second kappa shape index (κ2) is 6.43. The molecule has 0 aromatic heterocycles. The Morgan fingerprint density at radius 2 is 1.84 bits per heavy atom. The van der Waals surface area contributed by atoms with E-state index in [-0.39, 0.29) is 17.9 Å². The lowest BCUT2D eigenvalue weighted by atomic mass is 10.1. The second-order valence-corrected chi connectivity index (χ2v) is 5.00. The van der Waals surface area contributed by atoms with E-state index in [1.54, 1.807) is 19.1 Å². The van der Waals surface area contributed by atoms with Crippen LogP contribution in [0.1, 0.15) is 31.1 Å². The van der Waals surface area contributed by atoms with Crippen LogP contribution in [0.2, 0.25) is 5.02 Å². The zero-order valence-corrected chi connectivity index (χ0v) is 11.9. The topological polar surface area (TPSA) is 84.2 Å². The predicted molar refractivity (Wildman–Crippen MR) is 76.1 cm³/mol. The molecule has 6 heteroatoms. The lowest BCUT2D eigenvalue weighted by Crippen LogP contribution is -2.46. The minimum absolute atomic E-state index is 0.0258. The zero-order valence-electron chi connectivity index (χ0n) is 11.2. The Kier molecular flexibility index (Phi) is 5.18. The van der Waals surface area contributed by atoms with Gasteiger partial charge in [-0.15, -0.1) is 0 Å². The fourth-order valence-corrected chi connectivity index (χ4v) is 1.60. The number of benzene rings is 1. The van der Waals surface area contributed by atoms with Crippen LogP contribution in [-0.2, 0) is 4.79 Å². The van der Waals surface area contributed by atoms with Gasteiger partial charge in [0.1, 0.15) is 6.04 Å². The number of nitrogens with two attached hydrogens (primary N) is 1. The van der Waals surface area contributed by atoms with Crippen LogP contribution in [0.25, 0.3) is 0 Å². The van der Waals surface area contributed by atoms with Gasteiger partial charge in [-0.2, -0.15) is 0 Å². The van der Waals surface area contributed by atoms with Crippen LogP contribution in [0.15, 0.2) is 18.2 Å². The fraction of sp³-hybridized carbons (Fsp3) is 0.385. The van der Waals surface area contributed by atoms with E-state index >= 15 is 0 Å². The molecule has 0 aliphatic carbocycles. The molecule has 0 radical (unpaired) electrons. The lowest BCUT2D eigenvalue weighted by molar-refractivity contribution is -0.123. The lowest BCUT2D eigenvalue weighted by Gasteiger charge is -2.16. The largest absolute Gasteiger partial charge is 0.398 e. The molecule has 0 saturated heterocycles. The van der Waals surface area contributed by atoms with Gasteiger partial charge in [0.2, 0.25) is 5.91 Å². The van der Waals surface area contributed by atoms with Crippen molar-refractivity contribution in [1.82, 2.24) is 10.6 Å². The summed E-state index contributed by atoms with van der Waals surface area (Å²) in [6, 6.07) is 3.99. The van der Waals surface area contributed by atoms with E-state index in [1.165, 1.54) is 6.07 Å². The van der Waals surface area contributed by atoms with Gasteiger partial charge >= 0.3 is 0 Å². The third-order valence-corrected chi connectivity index (χ3v) is 2.76. The predicted octanol–water partition coefficient (Wildman–Crippen LogP) is 1.57.